The third kappa shape index (κ3) is 3.02. The van der Waals surface area contributed by atoms with Crippen LogP contribution >= 0.6 is 0 Å². The van der Waals surface area contributed by atoms with Crippen molar-refractivity contribution in [1.82, 2.24) is 14.3 Å². The third-order valence-electron chi connectivity index (χ3n) is 5.23. The summed E-state index contributed by atoms with van der Waals surface area (Å²) in [5, 5.41) is 5.81. The molecule has 0 saturated heterocycles. The lowest BCUT2D eigenvalue weighted by molar-refractivity contribution is 0.101. The van der Waals surface area contributed by atoms with Gasteiger partial charge in [0, 0.05) is 34.1 Å². The standard InChI is InChI=1S/C23H21N3O3/c1-14-21-13-24-26(18-10-8-17(9-11-18)16(3)27)23(28)22(21)15(2)25(14)19-6-5-7-20(12-19)29-4/h5-13H,1-4H3. The lowest BCUT2D eigenvalue weighted by Crippen LogP contribution is -2.21. The molecule has 0 unspecified atom stereocenters. The Morgan fingerprint density at radius 3 is 2.38 bits per heavy atom. The van der Waals surface area contributed by atoms with Crippen LogP contribution in [-0.2, 0) is 0 Å². The summed E-state index contributed by atoms with van der Waals surface area (Å²) in [6.45, 7) is 5.42. The van der Waals surface area contributed by atoms with E-state index in [-0.39, 0.29) is 11.3 Å². The molecule has 0 amide bonds. The number of aryl methyl sites for hydroxylation is 2. The number of methoxy groups -OCH3 is 1. The molecule has 0 saturated carbocycles. The van der Waals surface area contributed by atoms with Crippen molar-refractivity contribution in [2.75, 3.05) is 7.11 Å². The fourth-order valence-corrected chi connectivity index (χ4v) is 3.72. The van der Waals surface area contributed by atoms with Gasteiger partial charge in [-0.3, -0.25) is 9.59 Å². The van der Waals surface area contributed by atoms with Crippen LogP contribution in [0, 0.1) is 13.8 Å². The number of hydrogen-bond donors (Lipinski definition) is 0. The first-order chi connectivity index (χ1) is 13.9. The summed E-state index contributed by atoms with van der Waals surface area (Å²) in [5.41, 5.74) is 3.72. The van der Waals surface area contributed by atoms with Crippen molar-refractivity contribution in [2.24, 2.45) is 0 Å². The van der Waals surface area contributed by atoms with E-state index in [2.05, 4.69) is 5.10 Å². The molecule has 4 aromatic rings. The average molecular weight is 387 g/mol. The molecule has 6 nitrogen and oxygen atoms in total. The number of ketones is 1. The summed E-state index contributed by atoms with van der Waals surface area (Å²) in [5.74, 6) is 0.731. The Bertz CT molecular complexity index is 1300. The molecule has 146 valence electrons. The lowest BCUT2D eigenvalue weighted by atomic mass is 10.1. The van der Waals surface area contributed by atoms with Gasteiger partial charge in [0.05, 0.1) is 24.4 Å². The zero-order valence-electron chi connectivity index (χ0n) is 16.8. The van der Waals surface area contributed by atoms with E-state index in [0.717, 1.165) is 28.2 Å². The van der Waals surface area contributed by atoms with Crippen molar-refractivity contribution in [1.29, 1.82) is 0 Å². The van der Waals surface area contributed by atoms with E-state index < -0.39 is 0 Å². The van der Waals surface area contributed by atoms with E-state index in [1.54, 1.807) is 37.6 Å². The molecule has 0 aliphatic carbocycles. The minimum absolute atomic E-state index is 0.0193. The number of Topliss-reactive ketones (excluding diaryl/α,β-unsaturated/α-hetero) is 1. The first-order valence-electron chi connectivity index (χ1n) is 9.28. The van der Waals surface area contributed by atoms with Gasteiger partial charge in [-0.25, -0.2) is 0 Å². The molecule has 0 atom stereocenters. The SMILES string of the molecule is COc1cccc(-n2c(C)c3cnn(-c4ccc(C(C)=O)cc4)c(=O)c3c2C)c1. The van der Waals surface area contributed by atoms with E-state index >= 15 is 0 Å². The van der Waals surface area contributed by atoms with Crippen molar-refractivity contribution >= 4 is 16.6 Å². The Morgan fingerprint density at radius 2 is 1.72 bits per heavy atom. The minimum atomic E-state index is -0.194. The quantitative estimate of drug-likeness (QED) is 0.497. The number of carbonyl (C=O) groups excluding carboxylic acids is 1. The Morgan fingerprint density at radius 1 is 1.00 bits per heavy atom. The van der Waals surface area contributed by atoms with Crippen molar-refractivity contribution in [2.45, 2.75) is 20.8 Å². The smallest absolute Gasteiger partial charge is 0.281 e. The fourth-order valence-electron chi connectivity index (χ4n) is 3.72. The molecule has 0 radical (unpaired) electrons. The number of aromatic nitrogens is 3. The molecule has 2 heterocycles. The largest absolute Gasteiger partial charge is 0.497 e. The summed E-state index contributed by atoms with van der Waals surface area (Å²) in [7, 11) is 1.63. The van der Waals surface area contributed by atoms with Crippen molar-refractivity contribution < 1.29 is 9.53 Å². The third-order valence-corrected chi connectivity index (χ3v) is 5.23. The molecule has 29 heavy (non-hydrogen) atoms. The first kappa shape index (κ1) is 18.7. The zero-order valence-corrected chi connectivity index (χ0v) is 16.8. The van der Waals surface area contributed by atoms with Gasteiger partial charge in [0.25, 0.3) is 5.56 Å². The molecule has 0 fully saturated rings. The molecular formula is C23H21N3O3. The Kier molecular flexibility index (Phi) is 4.54. The van der Waals surface area contributed by atoms with Crippen LogP contribution in [-0.4, -0.2) is 27.2 Å². The Labute approximate surface area is 168 Å². The number of ether oxygens (including phenoxy) is 1. The second-order valence-corrected chi connectivity index (χ2v) is 6.96. The number of carbonyl (C=O) groups is 1. The van der Waals surface area contributed by atoms with Gasteiger partial charge in [-0.15, -0.1) is 0 Å². The summed E-state index contributed by atoms with van der Waals surface area (Å²) in [6.07, 6.45) is 1.72. The molecule has 0 bridgehead atoms. The van der Waals surface area contributed by atoms with Gasteiger partial charge in [0.15, 0.2) is 5.78 Å². The number of nitrogens with zero attached hydrogens (tertiary/aromatic N) is 3. The maximum absolute atomic E-state index is 13.3. The molecule has 2 aromatic heterocycles. The second-order valence-electron chi connectivity index (χ2n) is 6.96. The normalized spacial score (nSPS) is 11.0. The maximum Gasteiger partial charge on any atom is 0.281 e. The van der Waals surface area contributed by atoms with E-state index in [1.165, 1.54) is 11.6 Å². The number of fused-ring (bicyclic) bond motifs is 1. The van der Waals surface area contributed by atoms with Gasteiger partial charge >= 0.3 is 0 Å². The molecule has 4 rings (SSSR count). The van der Waals surface area contributed by atoms with Crippen molar-refractivity contribution in [3.63, 3.8) is 0 Å². The minimum Gasteiger partial charge on any atom is -0.497 e. The maximum atomic E-state index is 13.3. The highest BCUT2D eigenvalue weighted by Crippen LogP contribution is 2.27. The monoisotopic (exact) mass is 387 g/mol. The highest BCUT2D eigenvalue weighted by Gasteiger charge is 2.18. The van der Waals surface area contributed by atoms with Crippen LogP contribution in [0.4, 0.5) is 0 Å². The Balaban J connectivity index is 1.92. The van der Waals surface area contributed by atoms with Gasteiger partial charge in [-0.1, -0.05) is 6.07 Å². The fraction of sp³-hybridized carbons (Fsp3) is 0.174. The molecule has 6 heteroatoms. The van der Waals surface area contributed by atoms with Crippen LogP contribution in [0.25, 0.3) is 22.1 Å². The van der Waals surface area contributed by atoms with Gasteiger partial charge in [0.2, 0.25) is 0 Å². The molecular weight excluding hydrogens is 366 g/mol. The van der Waals surface area contributed by atoms with Crippen LogP contribution in [0.1, 0.15) is 28.7 Å². The predicted molar refractivity (Wildman–Crippen MR) is 113 cm³/mol. The van der Waals surface area contributed by atoms with Crippen LogP contribution < -0.4 is 10.3 Å². The number of hydrogen-bond acceptors (Lipinski definition) is 4. The van der Waals surface area contributed by atoms with Crippen LogP contribution in [0.3, 0.4) is 0 Å². The molecule has 2 aromatic carbocycles. The van der Waals surface area contributed by atoms with Crippen LogP contribution in [0.5, 0.6) is 5.75 Å². The predicted octanol–water partition coefficient (Wildman–Crippen LogP) is 4.00. The highest BCUT2D eigenvalue weighted by molar-refractivity contribution is 5.94. The molecule has 0 spiro atoms. The summed E-state index contributed by atoms with van der Waals surface area (Å²) in [4.78, 5) is 24.8. The molecule has 0 aliphatic heterocycles. The summed E-state index contributed by atoms with van der Waals surface area (Å²) in [6, 6.07) is 14.6. The van der Waals surface area contributed by atoms with Crippen molar-refractivity contribution in [3.8, 4) is 17.1 Å². The first-order valence-corrected chi connectivity index (χ1v) is 9.28. The van der Waals surface area contributed by atoms with Gasteiger partial charge in [-0.05, 0) is 57.2 Å². The number of rotatable bonds is 4. The number of benzene rings is 2. The van der Waals surface area contributed by atoms with Crippen LogP contribution in [0.2, 0.25) is 0 Å². The molecule has 0 N–H and O–H groups in total. The topological polar surface area (TPSA) is 66.1 Å². The van der Waals surface area contributed by atoms with E-state index in [0.29, 0.717) is 16.6 Å². The van der Waals surface area contributed by atoms with E-state index in [9.17, 15) is 9.59 Å². The van der Waals surface area contributed by atoms with Crippen LogP contribution in [0.15, 0.2) is 59.5 Å². The second kappa shape index (κ2) is 7.05. The summed E-state index contributed by atoms with van der Waals surface area (Å²) >= 11 is 0. The summed E-state index contributed by atoms with van der Waals surface area (Å²) < 4.78 is 8.75. The molecule has 0 aliphatic rings. The van der Waals surface area contributed by atoms with Crippen molar-refractivity contribution in [3.05, 3.63) is 82.0 Å². The lowest BCUT2D eigenvalue weighted by Gasteiger charge is -2.10. The zero-order chi connectivity index (χ0) is 20.7. The van der Waals surface area contributed by atoms with E-state index in [1.807, 2.05) is 42.7 Å². The average Bonchev–Trinajstić information content (AvgIpc) is 2.99. The van der Waals surface area contributed by atoms with Gasteiger partial charge in [-0.2, -0.15) is 9.78 Å². The highest BCUT2D eigenvalue weighted by atomic mass is 16.5. The van der Waals surface area contributed by atoms with E-state index in [4.69, 9.17) is 4.74 Å². The van der Waals surface area contributed by atoms with Gasteiger partial charge in [0.1, 0.15) is 5.75 Å². The van der Waals surface area contributed by atoms with Gasteiger partial charge < -0.3 is 9.30 Å². The Hall–Kier alpha value is -3.67.